The summed E-state index contributed by atoms with van der Waals surface area (Å²) in [6, 6.07) is 2.16. The number of rotatable bonds is 2. The van der Waals surface area contributed by atoms with Crippen molar-refractivity contribution < 1.29 is 4.84 Å². The molecule has 0 radical (unpaired) electrons. The molecular formula is C9H13N3O. The van der Waals surface area contributed by atoms with Crippen molar-refractivity contribution in [1.82, 2.24) is 4.90 Å². The maximum absolute atomic E-state index is 8.95. The third-order valence-electron chi connectivity index (χ3n) is 3.13. The van der Waals surface area contributed by atoms with Crippen molar-refractivity contribution in [3.8, 4) is 6.07 Å². The van der Waals surface area contributed by atoms with Crippen LogP contribution in [0.4, 0.5) is 0 Å². The largest absolute Gasteiger partial charge is 0.398 e. The molecule has 0 atom stereocenters. The first-order valence-corrected chi connectivity index (χ1v) is 4.55. The van der Waals surface area contributed by atoms with Gasteiger partial charge in [-0.1, -0.05) is 5.16 Å². The van der Waals surface area contributed by atoms with Crippen LogP contribution in [0, 0.1) is 16.7 Å². The van der Waals surface area contributed by atoms with E-state index in [1.165, 1.54) is 7.11 Å². The number of hydrogen-bond acceptors (Lipinski definition) is 4. The Labute approximate surface area is 77.8 Å². The summed E-state index contributed by atoms with van der Waals surface area (Å²) in [4.78, 5) is 7.08. The summed E-state index contributed by atoms with van der Waals surface area (Å²) in [5, 5.41) is 12.8. The summed E-state index contributed by atoms with van der Waals surface area (Å²) in [6.07, 6.45) is 2.12. The van der Waals surface area contributed by atoms with Crippen LogP contribution in [-0.4, -0.2) is 37.4 Å². The van der Waals surface area contributed by atoms with Crippen LogP contribution in [0.25, 0.3) is 0 Å². The van der Waals surface area contributed by atoms with Crippen molar-refractivity contribution in [3.63, 3.8) is 0 Å². The van der Waals surface area contributed by atoms with Crippen molar-refractivity contribution in [1.29, 1.82) is 5.26 Å². The molecule has 0 saturated carbocycles. The fourth-order valence-electron chi connectivity index (χ4n) is 2.36. The highest BCUT2D eigenvalue weighted by molar-refractivity contribution is 6.03. The molecule has 0 N–H and O–H groups in total. The maximum atomic E-state index is 8.95. The second-order valence-electron chi connectivity index (χ2n) is 3.79. The summed E-state index contributed by atoms with van der Waals surface area (Å²) in [6.45, 7) is 3.19. The summed E-state index contributed by atoms with van der Waals surface area (Å²) in [5.74, 6) is 0. The second kappa shape index (κ2) is 3.00. The Bertz CT molecular complexity index is 271. The lowest BCUT2D eigenvalue weighted by molar-refractivity contribution is 0.208. The predicted molar refractivity (Wildman–Crippen MR) is 48.2 cm³/mol. The predicted octanol–water partition coefficient (Wildman–Crippen LogP) is 0.608. The van der Waals surface area contributed by atoms with Crippen molar-refractivity contribution in [2.24, 2.45) is 10.6 Å². The molecule has 2 fully saturated rings. The Kier molecular flexibility index (Phi) is 1.97. The standard InChI is InChI=1S/C9H13N3O/c1-13-11-8(6-10)9-2-4-12(7-9)5-3-9/h2-5,7H2,1H3/b11-8+. The maximum Gasteiger partial charge on any atom is 0.164 e. The number of hydrogen-bond donors (Lipinski definition) is 0. The zero-order valence-corrected chi connectivity index (χ0v) is 7.79. The molecule has 0 spiro atoms. The number of nitrogens with zero attached hydrogens (tertiary/aromatic N) is 3. The molecule has 0 aromatic heterocycles. The lowest BCUT2D eigenvalue weighted by Gasteiger charge is -2.21. The van der Waals surface area contributed by atoms with E-state index in [2.05, 4.69) is 16.1 Å². The van der Waals surface area contributed by atoms with E-state index in [-0.39, 0.29) is 5.41 Å². The van der Waals surface area contributed by atoms with E-state index in [9.17, 15) is 0 Å². The molecule has 4 heteroatoms. The van der Waals surface area contributed by atoms with Gasteiger partial charge in [0, 0.05) is 12.0 Å². The van der Waals surface area contributed by atoms with E-state index >= 15 is 0 Å². The third-order valence-corrected chi connectivity index (χ3v) is 3.13. The topological polar surface area (TPSA) is 48.6 Å². The van der Waals surface area contributed by atoms with Gasteiger partial charge in [-0.3, -0.25) is 0 Å². The van der Waals surface area contributed by atoms with Crippen LogP contribution in [0.15, 0.2) is 5.16 Å². The van der Waals surface area contributed by atoms with E-state index in [1.54, 1.807) is 0 Å². The van der Waals surface area contributed by atoms with Crippen molar-refractivity contribution in [2.45, 2.75) is 12.8 Å². The van der Waals surface area contributed by atoms with Crippen LogP contribution < -0.4 is 0 Å². The summed E-state index contributed by atoms with van der Waals surface area (Å²) >= 11 is 0. The highest BCUT2D eigenvalue weighted by Gasteiger charge is 2.48. The average molecular weight is 179 g/mol. The Morgan fingerprint density at radius 3 is 2.62 bits per heavy atom. The van der Waals surface area contributed by atoms with E-state index in [1.807, 2.05) is 0 Å². The lowest BCUT2D eigenvalue weighted by atomic mass is 9.80. The zero-order chi connectivity index (χ0) is 9.31. The fourth-order valence-corrected chi connectivity index (χ4v) is 2.36. The number of fused-ring (bicyclic) bond motifs is 2. The van der Waals surface area contributed by atoms with E-state index in [4.69, 9.17) is 10.1 Å². The fraction of sp³-hybridized carbons (Fsp3) is 0.778. The first-order valence-electron chi connectivity index (χ1n) is 4.55. The minimum atomic E-state index is 0.0186. The van der Waals surface area contributed by atoms with Crippen LogP contribution in [0.3, 0.4) is 0 Å². The molecule has 0 aromatic rings. The van der Waals surface area contributed by atoms with E-state index < -0.39 is 0 Å². The van der Waals surface area contributed by atoms with Gasteiger partial charge in [0.2, 0.25) is 0 Å². The number of nitriles is 1. The molecule has 2 rings (SSSR count). The van der Waals surface area contributed by atoms with Gasteiger partial charge in [-0.15, -0.1) is 0 Å². The number of piperidine rings is 1. The Morgan fingerprint density at radius 1 is 1.54 bits per heavy atom. The third kappa shape index (κ3) is 1.20. The molecule has 2 bridgehead atoms. The van der Waals surface area contributed by atoms with Crippen molar-refractivity contribution in [3.05, 3.63) is 0 Å². The molecule has 2 aliphatic heterocycles. The molecule has 2 saturated heterocycles. The Balaban J connectivity index is 2.23. The van der Waals surface area contributed by atoms with Crippen LogP contribution in [-0.2, 0) is 4.84 Å². The van der Waals surface area contributed by atoms with Crippen LogP contribution in [0.5, 0.6) is 0 Å². The molecular weight excluding hydrogens is 166 g/mol. The van der Waals surface area contributed by atoms with E-state index in [0.717, 1.165) is 32.5 Å². The molecule has 2 aliphatic rings. The van der Waals surface area contributed by atoms with Gasteiger partial charge in [0.15, 0.2) is 5.71 Å². The molecule has 2 heterocycles. The minimum Gasteiger partial charge on any atom is -0.398 e. The lowest BCUT2D eigenvalue weighted by Crippen LogP contribution is -2.29. The normalized spacial score (nSPS) is 37.5. The van der Waals surface area contributed by atoms with Gasteiger partial charge < -0.3 is 9.74 Å². The molecule has 0 unspecified atom stereocenters. The van der Waals surface area contributed by atoms with E-state index in [0.29, 0.717) is 5.71 Å². The summed E-state index contributed by atoms with van der Waals surface area (Å²) < 4.78 is 0. The summed E-state index contributed by atoms with van der Waals surface area (Å²) in [5.41, 5.74) is 0.597. The molecule has 70 valence electrons. The van der Waals surface area contributed by atoms with Gasteiger partial charge in [0.05, 0.1) is 0 Å². The van der Waals surface area contributed by atoms with Crippen molar-refractivity contribution in [2.75, 3.05) is 26.7 Å². The van der Waals surface area contributed by atoms with Crippen LogP contribution in [0.2, 0.25) is 0 Å². The molecule has 13 heavy (non-hydrogen) atoms. The average Bonchev–Trinajstić information content (AvgIpc) is 2.74. The highest BCUT2D eigenvalue weighted by atomic mass is 16.6. The molecule has 0 amide bonds. The van der Waals surface area contributed by atoms with Crippen LogP contribution >= 0.6 is 0 Å². The Morgan fingerprint density at radius 2 is 2.23 bits per heavy atom. The second-order valence-corrected chi connectivity index (χ2v) is 3.79. The van der Waals surface area contributed by atoms with Gasteiger partial charge in [-0.2, -0.15) is 5.26 Å². The quantitative estimate of drug-likeness (QED) is 0.461. The molecule has 0 aliphatic carbocycles. The van der Waals surface area contributed by atoms with Gasteiger partial charge in [-0.25, -0.2) is 0 Å². The van der Waals surface area contributed by atoms with Gasteiger partial charge in [-0.05, 0) is 25.9 Å². The Hall–Kier alpha value is -1.08. The van der Waals surface area contributed by atoms with Gasteiger partial charge in [0.25, 0.3) is 0 Å². The van der Waals surface area contributed by atoms with Crippen molar-refractivity contribution >= 4 is 5.71 Å². The minimum absolute atomic E-state index is 0.0186. The monoisotopic (exact) mass is 179 g/mol. The smallest absolute Gasteiger partial charge is 0.164 e. The molecule has 4 nitrogen and oxygen atoms in total. The van der Waals surface area contributed by atoms with Gasteiger partial charge >= 0.3 is 0 Å². The summed E-state index contributed by atoms with van der Waals surface area (Å²) in [7, 11) is 1.50. The first kappa shape index (κ1) is 8.52. The number of oxime groups is 1. The van der Waals surface area contributed by atoms with Crippen LogP contribution in [0.1, 0.15) is 12.8 Å². The van der Waals surface area contributed by atoms with Gasteiger partial charge in [0.1, 0.15) is 13.2 Å². The SMILES string of the molecule is CO/N=C(\C#N)C12CCN(CC1)C2. The molecule has 0 aromatic carbocycles. The zero-order valence-electron chi connectivity index (χ0n) is 7.79. The first-order chi connectivity index (χ1) is 6.30. The highest BCUT2D eigenvalue weighted by Crippen LogP contribution is 2.41.